The standard InChI is InChI=1S/C32H49N5O9S/c1-8-12-21(25(39)28(41)33-16-23(38)36-24(30(43)44)20-13-10-9-11-14-20)34-27(40)22(15-18(2)3)35-29(42)26(32(6,7)47)37-31(45)46-17-19(4)5/h9-11,13-14,18-19,21-22,24,26,47H,8,12,15-17H2,1-7H3,(H,33,41)(H,34,40)(H,35,42)(H,36,38)(H,37,45)(H,43,44)/t21?,22-,24?,26+/m0/s1. The van der Waals surface area contributed by atoms with Crippen molar-refractivity contribution < 1.29 is 43.4 Å². The number of thiol groups is 1. The van der Waals surface area contributed by atoms with Gasteiger partial charge in [0.25, 0.3) is 5.91 Å². The molecule has 0 heterocycles. The van der Waals surface area contributed by atoms with Crippen molar-refractivity contribution in [1.82, 2.24) is 26.6 Å². The monoisotopic (exact) mass is 679 g/mol. The van der Waals surface area contributed by atoms with Gasteiger partial charge in [-0.2, -0.15) is 12.6 Å². The van der Waals surface area contributed by atoms with Crippen LogP contribution in [0.25, 0.3) is 0 Å². The van der Waals surface area contributed by atoms with Crippen molar-refractivity contribution in [3.05, 3.63) is 35.9 Å². The molecule has 0 spiro atoms. The van der Waals surface area contributed by atoms with E-state index in [1.54, 1.807) is 39.0 Å². The summed E-state index contributed by atoms with van der Waals surface area (Å²) in [5, 5.41) is 21.7. The minimum absolute atomic E-state index is 0.0677. The largest absolute Gasteiger partial charge is 0.479 e. The van der Waals surface area contributed by atoms with Crippen molar-refractivity contribution >= 4 is 54.1 Å². The Balaban J connectivity index is 2.98. The summed E-state index contributed by atoms with van der Waals surface area (Å²) < 4.78 is 4.08. The number of amides is 5. The number of carbonyl (C=O) groups excluding carboxylic acids is 6. The first-order valence-electron chi connectivity index (χ1n) is 15.5. The minimum Gasteiger partial charge on any atom is -0.479 e. The number of carbonyl (C=O) groups is 7. The SMILES string of the molecule is CCCC(NC(=O)[C@H](CC(C)C)NC(=O)[C@@H](NC(=O)OCC(C)C)C(C)(C)S)C(=O)C(=O)NCC(=O)NC(C(=O)O)c1ccccc1. The highest BCUT2D eigenvalue weighted by atomic mass is 32.1. The lowest BCUT2D eigenvalue weighted by molar-refractivity contribution is -0.142. The molecule has 0 radical (unpaired) electrons. The molecule has 1 aromatic rings. The van der Waals surface area contributed by atoms with Crippen LogP contribution in [0.5, 0.6) is 0 Å². The molecular formula is C32H49N5O9S. The second kappa shape index (κ2) is 19.5. The second-order valence-corrected chi connectivity index (χ2v) is 13.7. The Bertz CT molecular complexity index is 1250. The second-order valence-electron chi connectivity index (χ2n) is 12.6. The summed E-state index contributed by atoms with van der Waals surface area (Å²) in [6, 6.07) is 2.96. The number of hydrogen-bond donors (Lipinski definition) is 7. The van der Waals surface area contributed by atoms with Gasteiger partial charge in [-0.15, -0.1) is 0 Å². The number of benzene rings is 1. The van der Waals surface area contributed by atoms with Gasteiger partial charge in [0, 0.05) is 4.75 Å². The fourth-order valence-electron chi connectivity index (χ4n) is 4.30. The van der Waals surface area contributed by atoms with Gasteiger partial charge < -0.3 is 36.4 Å². The average molecular weight is 680 g/mol. The molecule has 5 amide bonds. The fourth-order valence-corrected chi connectivity index (χ4v) is 4.49. The number of carboxylic acid groups (broad SMARTS) is 1. The summed E-state index contributed by atoms with van der Waals surface area (Å²) in [5.74, 6) is -5.78. The van der Waals surface area contributed by atoms with E-state index in [4.69, 9.17) is 4.74 Å². The van der Waals surface area contributed by atoms with Crippen molar-refractivity contribution in [2.45, 2.75) is 96.6 Å². The van der Waals surface area contributed by atoms with Gasteiger partial charge in [0.05, 0.1) is 19.2 Å². The Morgan fingerprint density at radius 2 is 1.45 bits per heavy atom. The summed E-state index contributed by atoms with van der Waals surface area (Å²) in [7, 11) is 0. The third-order valence-electron chi connectivity index (χ3n) is 6.65. The van der Waals surface area contributed by atoms with E-state index < -0.39 is 76.9 Å². The van der Waals surface area contributed by atoms with Crippen LogP contribution in [0.2, 0.25) is 0 Å². The molecule has 0 saturated carbocycles. The van der Waals surface area contributed by atoms with E-state index in [1.807, 2.05) is 27.7 Å². The molecule has 0 fully saturated rings. The van der Waals surface area contributed by atoms with Crippen LogP contribution in [0, 0.1) is 11.8 Å². The van der Waals surface area contributed by atoms with Gasteiger partial charge in [-0.3, -0.25) is 24.0 Å². The first kappa shape index (κ1) is 40.9. The number of carboxylic acids is 1. The Labute approximate surface area is 281 Å². The van der Waals surface area contributed by atoms with Gasteiger partial charge >= 0.3 is 12.1 Å². The number of ketones is 1. The lowest BCUT2D eigenvalue weighted by atomic mass is 9.98. The average Bonchev–Trinajstić information content (AvgIpc) is 2.98. The van der Waals surface area contributed by atoms with E-state index in [2.05, 4.69) is 39.2 Å². The molecule has 0 bridgehead atoms. The quantitative estimate of drug-likeness (QED) is 0.0840. The summed E-state index contributed by atoms with van der Waals surface area (Å²) in [5.41, 5.74) is 0.315. The zero-order valence-corrected chi connectivity index (χ0v) is 28.9. The minimum atomic E-state index is -1.37. The zero-order valence-electron chi connectivity index (χ0n) is 28.0. The highest BCUT2D eigenvalue weighted by molar-refractivity contribution is 7.81. The van der Waals surface area contributed by atoms with Crippen molar-refractivity contribution in [3.8, 4) is 0 Å². The molecule has 1 rings (SSSR count). The molecule has 15 heteroatoms. The van der Waals surface area contributed by atoms with E-state index in [0.717, 1.165) is 0 Å². The molecule has 0 saturated heterocycles. The normalized spacial score (nSPS) is 13.8. The number of Topliss-reactive ketones (excluding diaryl/α,β-unsaturated/α-hetero) is 1. The highest BCUT2D eigenvalue weighted by Crippen LogP contribution is 2.19. The van der Waals surface area contributed by atoms with E-state index in [9.17, 15) is 38.7 Å². The van der Waals surface area contributed by atoms with Crippen molar-refractivity contribution in [2.24, 2.45) is 11.8 Å². The van der Waals surface area contributed by atoms with Crippen LogP contribution in [-0.2, 0) is 33.5 Å². The predicted molar refractivity (Wildman–Crippen MR) is 177 cm³/mol. The Kier molecular flexibility index (Phi) is 17.0. The van der Waals surface area contributed by atoms with Crippen molar-refractivity contribution in [3.63, 3.8) is 0 Å². The third kappa shape index (κ3) is 14.9. The van der Waals surface area contributed by atoms with Crippen molar-refractivity contribution in [1.29, 1.82) is 0 Å². The fraction of sp³-hybridized carbons (Fsp3) is 0.594. The number of nitrogens with one attached hydrogen (secondary N) is 5. The Morgan fingerprint density at radius 3 is 1.96 bits per heavy atom. The predicted octanol–water partition coefficient (Wildman–Crippen LogP) is 1.89. The van der Waals surface area contributed by atoms with Crippen molar-refractivity contribution in [2.75, 3.05) is 13.2 Å². The molecule has 4 atom stereocenters. The maximum absolute atomic E-state index is 13.4. The zero-order chi connectivity index (χ0) is 35.9. The molecule has 0 aliphatic rings. The molecule has 1 aromatic carbocycles. The third-order valence-corrected chi connectivity index (χ3v) is 6.91. The van der Waals surface area contributed by atoms with Gasteiger partial charge in [0.15, 0.2) is 6.04 Å². The smallest absolute Gasteiger partial charge is 0.407 e. The molecule has 0 aliphatic heterocycles. The van der Waals surface area contributed by atoms with Gasteiger partial charge in [0.2, 0.25) is 23.5 Å². The van der Waals surface area contributed by atoms with E-state index in [0.29, 0.717) is 12.0 Å². The van der Waals surface area contributed by atoms with Crippen LogP contribution in [0.3, 0.4) is 0 Å². The molecule has 14 nitrogen and oxygen atoms in total. The lowest BCUT2D eigenvalue weighted by Crippen LogP contribution is -2.60. The topological polar surface area (TPSA) is 209 Å². The first-order chi connectivity index (χ1) is 21.9. The summed E-state index contributed by atoms with van der Waals surface area (Å²) >= 11 is 4.45. The van der Waals surface area contributed by atoms with Crippen LogP contribution >= 0.6 is 12.6 Å². The van der Waals surface area contributed by atoms with Crippen LogP contribution < -0.4 is 26.6 Å². The van der Waals surface area contributed by atoms with Crippen LogP contribution in [0.1, 0.15) is 79.3 Å². The van der Waals surface area contributed by atoms with Crippen LogP contribution in [-0.4, -0.2) is 82.6 Å². The molecule has 0 aromatic heterocycles. The molecule has 6 N–H and O–H groups in total. The maximum atomic E-state index is 13.4. The van der Waals surface area contributed by atoms with Crippen LogP contribution in [0.4, 0.5) is 4.79 Å². The van der Waals surface area contributed by atoms with Gasteiger partial charge in [0.1, 0.15) is 12.1 Å². The molecule has 262 valence electrons. The summed E-state index contributed by atoms with van der Waals surface area (Å²) in [6.45, 7) is 11.8. The van der Waals surface area contributed by atoms with Gasteiger partial charge in [-0.1, -0.05) is 71.4 Å². The highest BCUT2D eigenvalue weighted by Gasteiger charge is 2.37. The number of alkyl carbamates (subject to hydrolysis) is 1. The van der Waals surface area contributed by atoms with E-state index >= 15 is 0 Å². The molecule has 0 aliphatic carbocycles. The van der Waals surface area contributed by atoms with E-state index in [1.165, 1.54) is 12.1 Å². The molecule has 2 unspecified atom stereocenters. The number of ether oxygens (including phenoxy) is 1. The number of hydrogen-bond acceptors (Lipinski definition) is 9. The van der Waals surface area contributed by atoms with E-state index in [-0.39, 0.29) is 31.3 Å². The summed E-state index contributed by atoms with van der Waals surface area (Å²) in [6.07, 6.45) is -0.170. The van der Waals surface area contributed by atoms with Crippen LogP contribution in [0.15, 0.2) is 30.3 Å². The first-order valence-corrected chi connectivity index (χ1v) is 16.0. The number of rotatable bonds is 19. The maximum Gasteiger partial charge on any atom is 0.407 e. The molecule has 47 heavy (non-hydrogen) atoms. The molecular weight excluding hydrogens is 630 g/mol. The van der Waals surface area contributed by atoms with Gasteiger partial charge in [-0.25, -0.2) is 9.59 Å². The Hall–Kier alpha value is -4.14. The lowest BCUT2D eigenvalue weighted by Gasteiger charge is -2.31. The Morgan fingerprint density at radius 1 is 0.851 bits per heavy atom. The summed E-state index contributed by atoms with van der Waals surface area (Å²) in [4.78, 5) is 89.0. The van der Waals surface area contributed by atoms with Gasteiger partial charge in [-0.05, 0) is 44.1 Å². The number of aliphatic carboxylic acids is 1.